The number of Topliss-reactive ketones (excluding diaryl/α,β-unsaturated/α-hetero) is 1. The average Bonchev–Trinajstić information content (AvgIpc) is 2.61. The van der Waals surface area contributed by atoms with Crippen LogP contribution >= 0.6 is 0 Å². The van der Waals surface area contributed by atoms with Crippen molar-refractivity contribution in [2.45, 2.75) is 24.3 Å². The maximum atomic E-state index is 13.1. The highest BCUT2D eigenvalue weighted by Gasteiger charge is 2.24. The number of halogens is 1. The van der Waals surface area contributed by atoms with E-state index in [4.69, 9.17) is 0 Å². The van der Waals surface area contributed by atoms with Gasteiger partial charge in [-0.1, -0.05) is 24.3 Å². The Morgan fingerprint density at radius 2 is 1.81 bits per heavy atom. The molecule has 2 rings (SSSR count). The Hall–Kier alpha value is -2.58. The van der Waals surface area contributed by atoms with Crippen LogP contribution in [-0.2, 0) is 19.6 Å². The monoisotopic (exact) mass is 379 g/mol. The Bertz CT molecular complexity index is 909. The number of nitrogens with one attached hydrogen (secondary N) is 1. The van der Waals surface area contributed by atoms with E-state index in [0.717, 1.165) is 0 Å². The third kappa shape index (κ3) is 4.96. The molecule has 0 unspecified atom stereocenters. The number of methoxy groups -OCH3 is 1. The number of carbonyl (C=O) groups excluding carboxylic acids is 2. The lowest BCUT2D eigenvalue weighted by Gasteiger charge is -2.18. The van der Waals surface area contributed by atoms with Crippen LogP contribution in [0, 0.1) is 5.82 Å². The van der Waals surface area contributed by atoms with Gasteiger partial charge in [0.2, 0.25) is 10.0 Å². The number of sulfonamides is 1. The second-order valence-corrected chi connectivity index (χ2v) is 7.30. The van der Waals surface area contributed by atoms with Gasteiger partial charge in [0.15, 0.2) is 5.78 Å². The number of rotatable bonds is 7. The van der Waals surface area contributed by atoms with E-state index < -0.39 is 27.9 Å². The molecule has 2 aromatic rings. The summed E-state index contributed by atoms with van der Waals surface area (Å²) in [5.41, 5.74) is 0.655. The molecule has 0 amide bonds. The fourth-order valence-corrected chi connectivity index (χ4v) is 3.58. The molecule has 0 spiro atoms. The quantitative estimate of drug-likeness (QED) is 0.590. The first-order valence-corrected chi connectivity index (χ1v) is 9.17. The SMILES string of the molecule is COC(=O)C[C@H](NS(=O)(=O)c1cccc(C(C)=O)c1)c1ccc(F)cc1. The van der Waals surface area contributed by atoms with Crippen LogP contribution in [0.15, 0.2) is 53.4 Å². The molecule has 0 aliphatic rings. The maximum Gasteiger partial charge on any atom is 0.307 e. The van der Waals surface area contributed by atoms with Gasteiger partial charge in [0.05, 0.1) is 24.5 Å². The number of esters is 1. The molecule has 0 fully saturated rings. The van der Waals surface area contributed by atoms with Gasteiger partial charge in [-0.05, 0) is 36.8 Å². The molecule has 2 aromatic carbocycles. The molecule has 1 atom stereocenters. The molecule has 0 saturated carbocycles. The normalized spacial score (nSPS) is 12.4. The van der Waals surface area contributed by atoms with E-state index in [2.05, 4.69) is 9.46 Å². The largest absolute Gasteiger partial charge is 0.469 e. The minimum Gasteiger partial charge on any atom is -0.469 e. The minimum absolute atomic E-state index is 0.109. The first-order chi connectivity index (χ1) is 12.2. The Kier molecular flexibility index (Phi) is 6.23. The zero-order chi connectivity index (χ0) is 19.3. The van der Waals surface area contributed by atoms with Gasteiger partial charge >= 0.3 is 5.97 Å². The van der Waals surface area contributed by atoms with Gasteiger partial charge in [0.25, 0.3) is 0 Å². The number of hydrogen-bond donors (Lipinski definition) is 1. The fraction of sp³-hybridized carbons (Fsp3) is 0.222. The number of benzene rings is 2. The highest BCUT2D eigenvalue weighted by Crippen LogP contribution is 2.22. The second-order valence-electron chi connectivity index (χ2n) is 5.59. The third-order valence-corrected chi connectivity index (χ3v) is 5.19. The standard InChI is InChI=1S/C18H18FNO5S/c1-12(21)14-4-3-5-16(10-14)26(23,24)20-17(11-18(22)25-2)13-6-8-15(19)9-7-13/h3-10,17,20H,11H2,1-2H3/t17-/m0/s1. The molecule has 0 aromatic heterocycles. The molecule has 138 valence electrons. The van der Waals surface area contributed by atoms with Crippen LogP contribution in [0.4, 0.5) is 4.39 Å². The minimum atomic E-state index is -4.03. The van der Waals surface area contributed by atoms with E-state index >= 15 is 0 Å². The highest BCUT2D eigenvalue weighted by molar-refractivity contribution is 7.89. The Morgan fingerprint density at radius 3 is 2.38 bits per heavy atom. The molecule has 1 N–H and O–H groups in total. The van der Waals surface area contributed by atoms with Gasteiger partial charge in [0, 0.05) is 5.56 Å². The summed E-state index contributed by atoms with van der Waals surface area (Å²) in [5.74, 6) is -1.38. The molecule has 0 radical (unpaired) electrons. The number of hydrogen-bond acceptors (Lipinski definition) is 5. The van der Waals surface area contributed by atoms with Crippen molar-refractivity contribution in [2.24, 2.45) is 0 Å². The Labute approximate surface area is 151 Å². The topological polar surface area (TPSA) is 89.5 Å². The summed E-state index contributed by atoms with van der Waals surface area (Å²) in [4.78, 5) is 23.0. The van der Waals surface area contributed by atoms with Crippen molar-refractivity contribution in [1.82, 2.24) is 4.72 Å². The summed E-state index contributed by atoms with van der Waals surface area (Å²) in [7, 11) is -2.84. The predicted octanol–water partition coefficient (Wildman–Crippen LogP) is 2.61. The van der Waals surface area contributed by atoms with E-state index in [1.165, 1.54) is 62.6 Å². The number of ketones is 1. The van der Waals surface area contributed by atoms with Crippen LogP contribution in [0.2, 0.25) is 0 Å². The van der Waals surface area contributed by atoms with Crippen molar-refractivity contribution < 1.29 is 27.1 Å². The van der Waals surface area contributed by atoms with E-state index in [0.29, 0.717) is 5.56 Å². The molecule has 0 aliphatic carbocycles. The van der Waals surface area contributed by atoms with Gasteiger partial charge < -0.3 is 4.74 Å². The first kappa shape index (κ1) is 19.7. The second kappa shape index (κ2) is 8.20. The van der Waals surface area contributed by atoms with E-state index in [-0.39, 0.29) is 22.7 Å². The fourth-order valence-electron chi connectivity index (χ4n) is 2.31. The third-order valence-electron chi connectivity index (χ3n) is 3.72. The van der Waals surface area contributed by atoms with Crippen molar-refractivity contribution in [2.75, 3.05) is 7.11 Å². The molecule has 0 aliphatic heterocycles. The molecule has 6 nitrogen and oxygen atoms in total. The van der Waals surface area contributed by atoms with Gasteiger partial charge in [0.1, 0.15) is 5.82 Å². The molecule has 0 bridgehead atoms. The first-order valence-electron chi connectivity index (χ1n) is 7.68. The predicted molar refractivity (Wildman–Crippen MR) is 92.5 cm³/mol. The van der Waals surface area contributed by atoms with Crippen molar-refractivity contribution in [3.63, 3.8) is 0 Å². The summed E-state index contributed by atoms with van der Waals surface area (Å²) >= 11 is 0. The lowest BCUT2D eigenvalue weighted by Crippen LogP contribution is -2.30. The van der Waals surface area contributed by atoms with Crippen molar-refractivity contribution in [3.8, 4) is 0 Å². The molecular weight excluding hydrogens is 361 g/mol. The molecule has 8 heteroatoms. The van der Waals surface area contributed by atoms with E-state index in [9.17, 15) is 22.4 Å². The molecule has 0 heterocycles. The van der Waals surface area contributed by atoms with Crippen molar-refractivity contribution >= 4 is 21.8 Å². The molecule has 0 saturated heterocycles. The Morgan fingerprint density at radius 1 is 1.15 bits per heavy atom. The average molecular weight is 379 g/mol. The van der Waals surface area contributed by atoms with Crippen LogP contribution in [0.1, 0.15) is 35.3 Å². The smallest absolute Gasteiger partial charge is 0.307 e. The summed E-state index contributed by atoms with van der Waals surface area (Å²) in [5, 5.41) is 0. The molecule has 26 heavy (non-hydrogen) atoms. The zero-order valence-electron chi connectivity index (χ0n) is 14.2. The van der Waals surface area contributed by atoms with Gasteiger partial charge in [-0.15, -0.1) is 0 Å². The van der Waals surface area contributed by atoms with Gasteiger partial charge in [-0.3, -0.25) is 9.59 Å². The number of ether oxygens (including phenoxy) is 1. The van der Waals surface area contributed by atoms with Gasteiger partial charge in [-0.25, -0.2) is 17.5 Å². The van der Waals surface area contributed by atoms with E-state index in [1.54, 1.807) is 0 Å². The van der Waals surface area contributed by atoms with E-state index in [1.807, 2.05) is 0 Å². The van der Waals surface area contributed by atoms with Crippen LogP contribution < -0.4 is 4.72 Å². The molecular formula is C18H18FNO5S. The highest BCUT2D eigenvalue weighted by atomic mass is 32.2. The summed E-state index contributed by atoms with van der Waals surface area (Å²) in [6.07, 6.45) is -0.270. The van der Waals surface area contributed by atoms with Crippen LogP contribution in [0.3, 0.4) is 0 Å². The van der Waals surface area contributed by atoms with Gasteiger partial charge in [-0.2, -0.15) is 0 Å². The lowest BCUT2D eigenvalue weighted by molar-refractivity contribution is -0.141. The van der Waals surface area contributed by atoms with Crippen LogP contribution in [-0.4, -0.2) is 27.3 Å². The summed E-state index contributed by atoms with van der Waals surface area (Å²) in [6.45, 7) is 1.33. The van der Waals surface area contributed by atoms with Crippen molar-refractivity contribution in [3.05, 3.63) is 65.5 Å². The van der Waals surface area contributed by atoms with Crippen LogP contribution in [0.25, 0.3) is 0 Å². The summed E-state index contributed by atoms with van der Waals surface area (Å²) in [6, 6.07) is 9.73. The maximum absolute atomic E-state index is 13.1. The van der Waals surface area contributed by atoms with Crippen molar-refractivity contribution in [1.29, 1.82) is 0 Å². The lowest BCUT2D eigenvalue weighted by atomic mass is 10.1. The number of carbonyl (C=O) groups is 2. The Balaban J connectivity index is 2.36. The van der Waals surface area contributed by atoms with Crippen LogP contribution in [0.5, 0.6) is 0 Å². The zero-order valence-corrected chi connectivity index (χ0v) is 15.0. The summed E-state index contributed by atoms with van der Waals surface area (Å²) < 4.78 is 45.5.